The summed E-state index contributed by atoms with van der Waals surface area (Å²) in [7, 11) is 0. The van der Waals surface area contributed by atoms with Crippen LogP contribution in [0.5, 0.6) is 0 Å². The standard InChI is InChI=1S/C8H10N2O2/c1-2-12-6-8-9-4-3-7(5-11)10-8/h3-5H,2,6H2,1H3. The average molecular weight is 166 g/mol. The molecule has 0 spiro atoms. The Hall–Kier alpha value is -1.29. The van der Waals surface area contributed by atoms with E-state index in [0.29, 0.717) is 31.0 Å². The third-order valence-corrected chi connectivity index (χ3v) is 1.28. The molecule has 0 aromatic carbocycles. The Balaban J connectivity index is 2.66. The van der Waals surface area contributed by atoms with E-state index in [0.717, 1.165) is 0 Å². The fraction of sp³-hybridized carbons (Fsp3) is 0.375. The van der Waals surface area contributed by atoms with E-state index in [1.54, 1.807) is 12.3 Å². The maximum Gasteiger partial charge on any atom is 0.168 e. The van der Waals surface area contributed by atoms with Crippen molar-refractivity contribution in [2.75, 3.05) is 6.61 Å². The van der Waals surface area contributed by atoms with Gasteiger partial charge in [0.15, 0.2) is 12.1 Å². The van der Waals surface area contributed by atoms with Gasteiger partial charge < -0.3 is 4.74 Å². The fourth-order valence-electron chi connectivity index (χ4n) is 0.743. The molecule has 1 aromatic heterocycles. The first-order chi connectivity index (χ1) is 5.86. The minimum atomic E-state index is 0.359. The summed E-state index contributed by atoms with van der Waals surface area (Å²) in [4.78, 5) is 18.2. The fourth-order valence-corrected chi connectivity index (χ4v) is 0.743. The quantitative estimate of drug-likeness (QED) is 0.621. The molecule has 0 saturated carbocycles. The Morgan fingerprint density at radius 1 is 1.67 bits per heavy atom. The third-order valence-electron chi connectivity index (χ3n) is 1.28. The van der Waals surface area contributed by atoms with Gasteiger partial charge in [0.1, 0.15) is 12.3 Å². The summed E-state index contributed by atoms with van der Waals surface area (Å²) < 4.78 is 5.08. The molecule has 0 aliphatic heterocycles. The van der Waals surface area contributed by atoms with Gasteiger partial charge in [0.05, 0.1) is 0 Å². The third kappa shape index (κ3) is 2.39. The largest absolute Gasteiger partial charge is 0.374 e. The molecule has 0 unspecified atom stereocenters. The van der Waals surface area contributed by atoms with Gasteiger partial charge >= 0.3 is 0 Å². The molecule has 12 heavy (non-hydrogen) atoms. The maximum atomic E-state index is 10.3. The van der Waals surface area contributed by atoms with Gasteiger partial charge in [-0.25, -0.2) is 9.97 Å². The van der Waals surface area contributed by atoms with Crippen molar-refractivity contribution in [1.29, 1.82) is 0 Å². The molecule has 0 atom stereocenters. The van der Waals surface area contributed by atoms with Gasteiger partial charge in [-0.05, 0) is 13.0 Å². The normalized spacial score (nSPS) is 9.75. The van der Waals surface area contributed by atoms with Crippen LogP contribution in [0.1, 0.15) is 23.2 Å². The number of hydrogen-bond acceptors (Lipinski definition) is 4. The number of nitrogens with zero attached hydrogens (tertiary/aromatic N) is 2. The molecular formula is C8H10N2O2. The molecule has 1 aromatic rings. The van der Waals surface area contributed by atoms with Crippen LogP contribution >= 0.6 is 0 Å². The Kier molecular flexibility index (Phi) is 3.35. The van der Waals surface area contributed by atoms with Crippen molar-refractivity contribution < 1.29 is 9.53 Å². The lowest BCUT2D eigenvalue weighted by molar-refractivity contribution is 0.111. The summed E-state index contributed by atoms with van der Waals surface area (Å²) in [5.74, 6) is 0.543. The van der Waals surface area contributed by atoms with Gasteiger partial charge in [0.2, 0.25) is 0 Å². The first-order valence-electron chi connectivity index (χ1n) is 3.71. The molecule has 1 heterocycles. The van der Waals surface area contributed by atoms with Crippen molar-refractivity contribution in [1.82, 2.24) is 9.97 Å². The molecule has 0 saturated heterocycles. The van der Waals surface area contributed by atoms with Crippen LogP contribution in [0.25, 0.3) is 0 Å². The lowest BCUT2D eigenvalue weighted by Crippen LogP contribution is -2.00. The van der Waals surface area contributed by atoms with Gasteiger partial charge in [-0.15, -0.1) is 0 Å². The van der Waals surface area contributed by atoms with Gasteiger partial charge in [0, 0.05) is 12.8 Å². The second kappa shape index (κ2) is 4.56. The molecule has 0 N–H and O–H groups in total. The van der Waals surface area contributed by atoms with Crippen LogP contribution in [0.3, 0.4) is 0 Å². The van der Waals surface area contributed by atoms with E-state index in [1.165, 1.54) is 0 Å². The summed E-state index contributed by atoms with van der Waals surface area (Å²) >= 11 is 0. The lowest BCUT2D eigenvalue weighted by Gasteiger charge is -1.98. The molecule has 64 valence electrons. The maximum absolute atomic E-state index is 10.3. The lowest BCUT2D eigenvalue weighted by atomic mass is 10.4. The smallest absolute Gasteiger partial charge is 0.168 e. The molecule has 4 nitrogen and oxygen atoms in total. The minimum Gasteiger partial charge on any atom is -0.374 e. The number of carbonyl (C=O) groups excluding carboxylic acids is 1. The first kappa shape index (κ1) is 8.80. The van der Waals surface area contributed by atoms with Crippen molar-refractivity contribution in [3.8, 4) is 0 Å². The number of ether oxygens (including phenoxy) is 1. The molecule has 0 aliphatic carbocycles. The van der Waals surface area contributed by atoms with Crippen molar-refractivity contribution in [3.63, 3.8) is 0 Å². The van der Waals surface area contributed by atoms with E-state index in [4.69, 9.17) is 4.74 Å². The van der Waals surface area contributed by atoms with Crippen LogP contribution in [0.15, 0.2) is 12.3 Å². The summed E-state index contributed by atoms with van der Waals surface area (Å²) in [6.45, 7) is 2.87. The van der Waals surface area contributed by atoms with Gasteiger partial charge in [0.25, 0.3) is 0 Å². The van der Waals surface area contributed by atoms with E-state index in [2.05, 4.69) is 9.97 Å². The van der Waals surface area contributed by atoms with Crippen molar-refractivity contribution in [2.24, 2.45) is 0 Å². The zero-order chi connectivity index (χ0) is 8.81. The monoisotopic (exact) mass is 166 g/mol. The van der Waals surface area contributed by atoms with Gasteiger partial charge in [-0.1, -0.05) is 0 Å². The Bertz CT molecular complexity index is 263. The predicted molar refractivity (Wildman–Crippen MR) is 42.7 cm³/mol. The zero-order valence-electron chi connectivity index (χ0n) is 6.86. The second-order valence-electron chi connectivity index (χ2n) is 2.15. The van der Waals surface area contributed by atoms with Crippen molar-refractivity contribution >= 4 is 6.29 Å². The molecular weight excluding hydrogens is 156 g/mol. The number of aromatic nitrogens is 2. The summed E-state index contributed by atoms with van der Waals surface area (Å²) in [5, 5.41) is 0. The molecule has 0 amide bonds. The van der Waals surface area contributed by atoms with Gasteiger partial charge in [-0.2, -0.15) is 0 Å². The van der Waals surface area contributed by atoms with Crippen LogP contribution < -0.4 is 0 Å². The molecule has 0 radical (unpaired) electrons. The van der Waals surface area contributed by atoms with E-state index < -0.39 is 0 Å². The zero-order valence-corrected chi connectivity index (χ0v) is 6.86. The summed E-state index contributed by atoms with van der Waals surface area (Å²) in [6.07, 6.45) is 2.24. The van der Waals surface area contributed by atoms with E-state index in [9.17, 15) is 4.79 Å². The topological polar surface area (TPSA) is 52.1 Å². The van der Waals surface area contributed by atoms with Crippen LogP contribution in [0, 0.1) is 0 Å². The Labute approximate surface area is 70.6 Å². The molecule has 0 fully saturated rings. The van der Waals surface area contributed by atoms with Crippen molar-refractivity contribution in [3.05, 3.63) is 23.8 Å². The van der Waals surface area contributed by atoms with E-state index in [1.807, 2.05) is 6.92 Å². The number of carbonyl (C=O) groups is 1. The van der Waals surface area contributed by atoms with E-state index in [-0.39, 0.29) is 0 Å². The average Bonchev–Trinajstić information content (AvgIpc) is 2.15. The highest BCUT2D eigenvalue weighted by atomic mass is 16.5. The van der Waals surface area contributed by atoms with Crippen LogP contribution in [-0.2, 0) is 11.3 Å². The first-order valence-corrected chi connectivity index (χ1v) is 3.71. The molecule has 1 rings (SSSR count). The summed E-state index contributed by atoms with van der Waals surface area (Å²) in [5.41, 5.74) is 0.389. The second-order valence-corrected chi connectivity index (χ2v) is 2.15. The highest BCUT2D eigenvalue weighted by molar-refractivity contribution is 5.71. The Morgan fingerprint density at radius 2 is 2.50 bits per heavy atom. The van der Waals surface area contributed by atoms with E-state index >= 15 is 0 Å². The van der Waals surface area contributed by atoms with Crippen LogP contribution in [-0.4, -0.2) is 22.9 Å². The highest BCUT2D eigenvalue weighted by Gasteiger charge is 1.96. The number of hydrogen-bond donors (Lipinski definition) is 0. The predicted octanol–water partition coefficient (Wildman–Crippen LogP) is 0.826. The van der Waals surface area contributed by atoms with Crippen molar-refractivity contribution in [2.45, 2.75) is 13.5 Å². The summed E-state index contributed by atoms with van der Waals surface area (Å²) in [6, 6.07) is 1.56. The molecule has 4 heteroatoms. The van der Waals surface area contributed by atoms with Crippen LogP contribution in [0.4, 0.5) is 0 Å². The van der Waals surface area contributed by atoms with Gasteiger partial charge in [-0.3, -0.25) is 4.79 Å². The number of rotatable bonds is 4. The number of aldehydes is 1. The molecule has 0 aliphatic rings. The molecule has 0 bridgehead atoms. The minimum absolute atomic E-state index is 0.359. The van der Waals surface area contributed by atoms with Crippen LogP contribution in [0.2, 0.25) is 0 Å². The highest BCUT2D eigenvalue weighted by Crippen LogP contribution is 1.94. The Morgan fingerprint density at radius 3 is 3.17 bits per heavy atom. The SMILES string of the molecule is CCOCc1nccc(C=O)n1.